The largest absolute Gasteiger partial charge is 0.480 e. The van der Waals surface area contributed by atoms with E-state index in [4.69, 9.17) is 10.2 Å². The summed E-state index contributed by atoms with van der Waals surface area (Å²) in [5.41, 5.74) is 0. The molecule has 1 rings (SSSR count). The summed E-state index contributed by atoms with van der Waals surface area (Å²) >= 11 is 0. The van der Waals surface area contributed by atoms with Gasteiger partial charge in [-0.15, -0.1) is 0 Å². The Morgan fingerprint density at radius 1 is 1.11 bits per heavy atom. The fourth-order valence-corrected chi connectivity index (χ4v) is 3.58. The van der Waals surface area contributed by atoms with E-state index in [0.717, 1.165) is 15.5 Å². The van der Waals surface area contributed by atoms with Crippen molar-refractivity contribution in [1.82, 2.24) is 8.61 Å². The molecule has 1 aliphatic heterocycles. The molecule has 1 fully saturated rings. The van der Waals surface area contributed by atoms with Crippen LogP contribution in [-0.2, 0) is 25.0 Å². The average molecular weight is 301 g/mol. The number of carboxylic acid groups (broad SMARTS) is 1. The minimum absolute atomic E-state index is 0.0790. The normalized spacial score (nSPS) is 21.7. The van der Waals surface area contributed by atoms with Gasteiger partial charge in [-0.3, -0.25) is 4.79 Å². The van der Waals surface area contributed by atoms with Crippen molar-refractivity contribution < 1.29 is 26.7 Å². The molecule has 9 nitrogen and oxygen atoms in total. The summed E-state index contributed by atoms with van der Waals surface area (Å²) in [6.45, 7) is 0.714. The third-order valence-corrected chi connectivity index (χ3v) is 5.98. The van der Waals surface area contributed by atoms with Crippen molar-refractivity contribution in [2.24, 2.45) is 5.14 Å². The van der Waals surface area contributed by atoms with Crippen molar-refractivity contribution in [1.29, 1.82) is 0 Å². The highest BCUT2D eigenvalue weighted by Gasteiger charge is 2.36. The van der Waals surface area contributed by atoms with Crippen molar-refractivity contribution in [2.45, 2.75) is 12.2 Å². The van der Waals surface area contributed by atoms with Crippen LogP contribution in [0.15, 0.2) is 0 Å². The van der Waals surface area contributed by atoms with Crippen LogP contribution in [-0.4, -0.2) is 68.0 Å². The van der Waals surface area contributed by atoms with Gasteiger partial charge in [-0.2, -0.15) is 17.0 Å². The Hall–Kier alpha value is -0.750. The van der Waals surface area contributed by atoms with E-state index in [-0.39, 0.29) is 26.2 Å². The molecule has 0 aromatic heterocycles. The number of hydrogen-bond acceptors (Lipinski definition) is 5. The zero-order chi connectivity index (χ0) is 14.1. The molecule has 0 bridgehead atoms. The Balaban J connectivity index is 2.78. The first kappa shape index (κ1) is 15.3. The highest BCUT2D eigenvalue weighted by molar-refractivity contribution is 7.90. The molecule has 0 aromatic rings. The first-order valence-electron chi connectivity index (χ1n) is 5.06. The zero-order valence-electron chi connectivity index (χ0n) is 9.68. The number of aliphatic carboxylic acids is 1. The standard InChI is InChI=1S/C7H15N3O6S2/c1-6(7(11)12)17(13,14)9-2-4-10(5-3-9)18(8,15)16/h6H,2-5H2,1H3,(H,11,12)(H2,8,15,16). The fraction of sp³-hybridized carbons (Fsp3) is 0.857. The van der Waals surface area contributed by atoms with Crippen LogP contribution in [0.5, 0.6) is 0 Å². The molecule has 0 saturated carbocycles. The van der Waals surface area contributed by atoms with Crippen LogP contribution in [0.25, 0.3) is 0 Å². The van der Waals surface area contributed by atoms with Gasteiger partial charge in [0.1, 0.15) is 0 Å². The Kier molecular flexibility index (Phi) is 4.33. The second kappa shape index (κ2) is 5.09. The smallest absolute Gasteiger partial charge is 0.323 e. The molecule has 0 aliphatic carbocycles. The monoisotopic (exact) mass is 301 g/mol. The van der Waals surface area contributed by atoms with Gasteiger partial charge >= 0.3 is 5.97 Å². The molecule has 1 heterocycles. The van der Waals surface area contributed by atoms with Crippen molar-refractivity contribution in [3.63, 3.8) is 0 Å². The maximum absolute atomic E-state index is 11.8. The molecule has 0 amide bonds. The van der Waals surface area contributed by atoms with Crippen LogP contribution in [0.1, 0.15) is 6.92 Å². The molecular formula is C7H15N3O6S2. The Bertz CT molecular complexity index is 519. The second-order valence-corrected chi connectivity index (χ2v) is 7.67. The lowest BCUT2D eigenvalue weighted by molar-refractivity contribution is -0.136. The summed E-state index contributed by atoms with van der Waals surface area (Å²) in [6, 6.07) is 0. The molecule has 11 heteroatoms. The van der Waals surface area contributed by atoms with Gasteiger partial charge in [-0.1, -0.05) is 0 Å². The van der Waals surface area contributed by atoms with E-state index in [1.54, 1.807) is 0 Å². The van der Waals surface area contributed by atoms with Gasteiger partial charge in [0.25, 0.3) is 10.2 Å². The Morgan fingerprint density at radius 2 is 1.50 bits per heavy atom. The van der Waals surface area contributed by atoms with E-state index in [0.29, 0.717) is 0 Å². The van der Waals surface area contributed by atoms with Crippen LogP contribution in [0.3, 0.4) is 0 Å². The SMILES string of the molecule is CC(C(=O)O)S(=O)(=O)N1CCN(S(N)(=O)=O)CC1. The molecule has 1 unspecified atom stereocenters. The van der Waals surface area contributed by atoms with Crippen molar-refractivity contribution in [3.8, 4) is 0 Å². The van der Waals surface area contributed by atoms with E-state index in [1.165, 1.54) is 0 Å². The van der Waals surface area contributed by atoms with Gasteiger partial charge in [0.2, 0.25) is 10.0 Å². The Labute approximate surface area is 105 Å². The number of rotatable bonds is 4. The average Bonchev–Trinajstić information content (AvgIpc) is 2.26. The molecule has 18 heavy (non-hydrogen) atoms. The Morgan fingerprint density at radius 3 is 1.83 bits per heavy atom. The molecule has 1 aliphatic rings. The van der Waals surface area contributed by atoms with Crippen LogP contribution in [0, 0.1) is 0 Å². The lowest BCUT2D eigenvalue weighted by Crippen LogP contribution is -2.54. The van der Waals surface area contributed by atoms with E-state index in [2.05, 4.69) is 0 Å². The van der Waals surface area contributed by atoms with Gasteiger partial charge in [0, 0.05) is 26.2 Å². The fourth-order valence-electron chi connectivity index (χ4n) is 1.53. The summed E-state index contributed by atoms with van der Waals surface area (Å²) in [5, 5.41) is 12.0. The number of hydrogen-bond donors (Lipinski definition) is 2. The topological polar surface area (TPSA) is 138 Å². The van der Waals surface area contributed by atoms with Crippen LogP contribution in [0.4, 0.5) is 0 Å². The maximum atomic E-state index is 11.8. The summed E-state index contributed by atoms with van der Waals surface area (Å²) in [6.07, 6.45) is 0. The first-order chi connectivity index (χ1) is 8.06. The molecule has 1 atom stereocenters. The van der Waals surface area contributed by atoms with Gasteiger partial charge in [0.05, 0.1) is 0 Å². The van der Waals surface area contributed by atoms with E-state index in [9.17, 15) is 21.6 Å². The van der Waals surface area contributed by atoms with E-state index >= 15 is 0 Å². The number of nitrogens with zero attached hydrogens (tertiary/aromatic N) is 2. The van der Waals surface area contributed by atoms with Gasteiger partial charge in [0.15, 0.2) is 5.25 Å². The number of carboxylic acids is 1. The van der Waals surface area contributed by atoms with Crippen molar-refractivity contribution >= 4 is 26.2 Å². The minimum Gasteiger partial charge on any atom is -0.480 e. The molecule has 1 saturated heterocycles. The van der Waals surface area contributed by atoms with Crippen LogP contribution < -0.4 is 5.14 Å². The predicted octanol–water partition coefficient (Wildman–Crippen LogP) is -2.39. The summed E-state index contributed by atoms with van der Waals surface area (Å²) in [4.78, 5) is 10.7. The maximum Gasteiger partial charge on any atom is 0.323 e. The highest BCUT2D eigenvalue weighted by atomic mass is 32.2. The van der Waals surface area contributed by atoms with Crippen LogP contribution >= 0.6 is 0 Å². The molecule has 0 radical (unpaired) electrons. The van der Waals surface area contributed by atoms with Gasteiger partial charge in [-0.25, -0.2) is 13.6 Å². The number of piperazine rings is 1. The van der Waals surface area contributed by atoms with E-state index < -0.39 is 31.5 Å². The van der Waals surface area contributed by atoms with Gasteiger partial charge in [-0.05, 0) is 6.92 Å². The first-order valence-corrected chi connectivity index (χ1v) is 8.07. The number of nitrogens with two attached hydrogens (primary N) is 1. The second-order valence-electron chi connectivity index (χ2n) is 3.87. The third kappa shape index (κ3) is 3.17. The minimum atomic E-state index is -3.96. The summed E-state index contributed by atoms with van der Waals surface area (Å²) in [7, 11) is -7.79. The molecule has 106 valence electrons. The predicted molar refractivity (Wildman–Crippen MR) is 62.3 cm³/mol. The van der Waals surface area contributed by atoms with Crippen LogP contribution in [0.2, 0.25) is 0 Å². The third-order valence-electron chi connectivity index (χ3n) is 2.71. The molecular weight excluding hydrogens is 286 g/mol. The van der Waals surface area contributed by atoms with Crippen molar-refractivity contribution in [2.75, 3.05) is 26.2 Å². The number of carbonyl (C=O) groups is 1. The zero-order valence-corrected chi connectivity index (χ0v) is 11.3. The lowest BCUT2D eigenvalue weighted by Gasteiger charge is -2.32. The van der Waals surface area contributed by atoms with E-state index in [1.807, 2.05) is 0 Å². The summed E-state index contributed by atoms with van der Waals surface area (Å²) in [5.74, 6) is -1.44. The molecule has 0 aromatic carbocycles. The van der Waals surface area contributed by atoms with Gasteiger partial charge < -0.3 is 5.11 Å². The molecule has 0 spiro atoms. The summed E-state index contributed by atoms with van der Waals surface area (Å²) < 4.78 is 47.6. The quantitative estimate of drug-likeness (QED) is 0.594. The van der Waals surface area contributed by atoms with Crippen molar-refractivity contribution in [3.05, 3.63) is 0 Å². The molecule has 3 N–H and O–H groups in total. The highest BCUT2D eigenvalue weighted by Crippen LogP contribution is 2.13. The number of sulfonamides is 1. The lowest BCUT2D eigenvalue weighted by atomic mass is 10.4.